The van der Waals surface area contributed by atoms with E-state index in [0.717, 1.165) is 28.8 Å². The van der Waals surface area contributed by atoms with Crippen LogP contribution in [0.25, 0.3) is 10.2 Å². The molecule has 114 valence electrons. The van der Waals surface area contributed by atoms with Crippen LogP contribution in [0.5, 0.6) is 0 Å². The summed E-state index contributed by atoms with van der Waals surface area (Å²) in [6.07, 6.45) is 4.41. The van der Waals surface area contributed by atoms with Gasteiger partial charge in [0.1, 0.15) is 9.71 Å². The van der Waals surface area contributed by atoms with Crippen molar-refractivity contribution in [2.24, 2.45) is 5.92 Å². The van der Waals surface area contributed by atoms with Crippen LogP contribution in [0, 0.1) is 5.92 Å². The number of anilines is 1. The highest BCUT2D eigenvalue weighted by molar-refractivity contribution is 7.21. The number of carbonyl (C=O) groups excluding carboxylic acids is 2. The molecule has 0 fully saturated rings. The Labute approximate surface area is 132 Å². The predicted molar refractivity (Wildman–Crippen MR) is 86.4 cm³/mol. The van der Waals surface area contributed by atoms with E-state index in [0.29, 0.717) is 16.5 Å². The molecule has 22 heavy (non-hydrogen) atoms. The Bertz CT molecular complexity index is 796. The Morgan fingerprint density at radius 2 is 2.27 bits per heavy atom. The third kappa shape index (κ3) is 2.09. The van der Waals surface area contributed by atoms with Crippen LogP contribution in [-0.2, 0) is 17.6 Å². The van der Waals surface area contributed by atoms with Gasteiger partial charge in [0, 0.05) is 11.1 Å². The normalized spacial score (nSPS) is 20.9. The molecule has 0 aromatic carbocycles. The van der Waals surface area contributed by atoms with Crippen LogP contribution in [0.1, 0.15) is 40.7 Å². The first-order chi connectivity index (χ1) is 10.7. The average molecular weight is 315 g/mol. The SMILES string of the molecule is CCC1CCc2nc3sc4c(c3cc2C1)NC(=O)CNC4=O. The molecule has 5 nitrogen and oxygen atoms in total. The second kappa shape index (κ2) is 5.05. The maximum absolute atomic E-state index is 12.1. The van der Waals surface area contributed by atoms with E-state index < -0.39 is 0 Å². The minimum absolute atomic E-state index is 0.0258. The van der Waals surface area contributed by atoms with Crippen molar-refractivity contribution in [1.29, 1.82) is 0 Å². The summed E-state index contributed by atoms with van der Waals surface area (Å²) in [7, 11) is 0. The molecular formula is C16H17N3O2S. The molecule has 2 aromatic heterocycles. The van der Waals surface area contributed by atoms with Crippen LogP contribution < -0.4 is 10.6 Å². The molecule has 0 bridgehead atoms. The summed E-state index contributed by atoms with van der Waals surface area (Å²) in [6.45, 7) is 2.25. The number of carbonyl (C=O) groups is 2. The van der Waals surface area contributed by atoms with E-state index in [1.807, 2.05) is 0 Å². The van der Waals surface area contributed by atoms with Gasteiger partial charge >= 0.3 is 0 Å². The number of aryl methyl sites for hydroxylation is 1. The molecule has 1 aliphatic heterocycles. The van der Waals surface area contributed by atoms with Gasteiger partial charge in [-0.2, -0.15) is 0 Å². The first-order valence-corrected chi connectivity index (χ1v) is 8.50. The molecule has 2 aliphatic rings. The molecule has 0 saturated carbocycles. The van der Waals surface area contributed by atoms with Crippen molar-refractivity contribution in [1.82, 2.24) is 10.3 Å². The molecule has 0 spiro atoms. The van der Waals surface area contributed by atoms with Gasteiger partial charge in [0.15, 0.2) is 0 Å². The lowest BCUT2D eigenvalue weighted by molar-refractivity contribution is -0.115. The molecule has 2 amide bonds. The van der Waals surface area contributed by atoms with Gasteiger partial charge in [0.2, 0.25) is 5.91 Å². The van der Waals surface area contributed by atoms with Crippen molar-refractivity contribution in [3.63, 3.8) is 0 Å². The van der Waals surface area contributed by atoms with Crippen LogP contribution in [0.3, 0.4) is 0 Å². The average Bonchev–Trinajstić information content (AvgIpc) is 2.80. The van der Waals surface area contributed by atoms with Crippen molar-refractivity contribution in [2.75, 3.05) is 11.9 Å². The monoisotopic (exact) mass is 315 g/mol. The van der Waals surface area contributed by atoms with E-state index in [-0.39, 0.29) is 18.4 Å². The second-order valence-corrected chi connectivity index (χ2v) is 7.00. The quantitative estimate of drug-likeness (QED) is 0.849. The lowest BCUT2D eigenvalue weighted by Crippen LogP contribution is -2.28. The molecule has 1 atom stereocenters. The molecule has 3 heterocycles. The number of nitrogens with zero attached hydrogens (tertiary/aromatic N) is 1. The molecule has 0 saturated heterocycles. The number of aromatic nitrogens is 1. The molecule has 6 heteroatoms. The van der Waals surface area contributed by atoms with Crippen LogP contribution in [0.15, 0.2) is 6.07 Å². The summed E-state index contributed by atoms with van der Waals surface area (Å²) in [6, 6.07) is 2.13. The first kappa shape index (κ1) is 13.7. The highest BCUT2D eigenvalue weighted by atomic mass is 32.1. The maximum Gasteiger partial charge on any atom is 0.264 e. The van der Waals surface area contributed by atoms with E-state index in [1.54, 1.807) is 0 Å². The third-order valence-electron chi connectivity index (χ3n) is 4.61. The predicted octanol–water partition coefficient (Wildman–Crippen LogP) is 2.49. The summed E-state index contributed by atoms with van der Waals surface area (Å²) >= 11 is 1.36. The van der Waals surface area contributed by atoms with Crippen LogP contribution in [0.2, 0.25) is 0 Å². The number of amides is 2. The van der Waals surface area contributed by atoms with Gasteiger partial charge < -0.3 is 10.6 Å². The first-order valence-electron chi connectivity index (χ1n) is 7.69. The largest absolute Gasteiger partial charge is 0.342 e. The van der Waals surface area contributed by atoms with Gasteiger partial charge in [-0.05, 0) is 36.8 Å². The zero-order valence-corrected chi connectivity index (χ0v) is 13.2. The molecule has 2 aromatic rings. The molecule has 1 aliphatic carbocycles. The van der Waals surface area contributed by atoms with E-state index in [9.17, 15) is 9.59 Å². The zero-order chi connectivity index (χ0) is 15.3. The Hall–Kier alpha value is -1.95. The summed E-state index contributed by atoms with van der Waals surface area (Å²) in [5.41, 5.74) is 3.05. The van der Waals surface area contributed by atoms with Gasteiger partial charge in [-0.1, -0.05) is 13.3 Å². The molecule has 4 rings (SSSR count). The van der Waals surface area contributed by atoms with Gasteiger partial charge in [-0.25, -0.2) is 4.98 Å². The van der Waals surface area contributed by atoms with E-state index in [2.05, 4.69) is 23.6 Å². The van der Waals surface area contributed by atoms with E-state index in [1.165, 1.54) is 29.7 Å². The standard InChI is InChI=1S/C16H17N3O2S/c1-2-8-3-4-11-9(5-8)6-10-13-14(22-16(10)18-11)15(21)17-7-12(20)19-13/h6,8H,2-5,7H2,1H3,(H,17,21)(H,19,20). The third-order valence-corrected chi connectivity index (χ3v) is 5.70. The Morgan fingerprint density at radius 1 is 1.41 bits per heavy atom. The van der Waals surface area contributed by atoms with Gasteiger partial charge in [-0.15, -0.1) is 11.3 Å². The lowest BCUT2D eigenvalue weighted by atomic mass is 9.85. The smallest absolute Gasteiger partial charge is 0.264 e. The minimum Gasteiger partial charge on any atom is -0.342 e. The molecule has 1 unspecified atom stereocenters. The fraction of sp³-hybridized carbons (Fsp3) is 0.438. The van der Waals surface area contributed by atoms with Crippen LogP contribution in [-0.4, -0.2) is 23.3 Å². The maximum atomic E-state index is 12.1. The van der Waals surface area contributed by atoms with Gasteiger partial charge in [-0.3, -0.25) is 9.59 Å². The summed E-state index contributed by atoms with van der Waals surface area (Å²) < 4.78 is 0. The summed E-state index contributed by atoms with van der Waals surface area (Å²) in [5.74, 6) is 0.332. The molecule has 0 radical (unpaired) electrons. The summed E-state index contributed by atoms with van der Waals surface area (Å²) in [5, 5.41) is 6.39. The number of nitrogens with one attached hydrogen (secondary N) is 2. The molecule has 2 N–H and O–H groups in total. The topological polar surface area (TPSA) is 71.1 Å². The number of pyridine rings is 1. The number of fused-ring (bicyclic) bond motifs is 4. The highest BCUT2D eigenvalue weighted by Gasteiger charge is 2.27. The van der Waals surface area contributed by atoms with E-state index >= 15 is 0 Å². The number of hydrogen-bond acceptors (Lipinski definition) is 4. The lowest BCUT2D eigenvalue weighted by Gasteiger charge is -2.22. The Balaban J connectivity index is 1.88. The fourth-order valence-corrected chi connectivity index (χ4v) is 4.35. The highest BCUT2D eigenvalue weighted by Crippen LogP contribution is 2.38. The second-order valence-electron chi connectivity index (χ2n) is 6.00. The van der Waals surface area contributed by atoms with Crippen molar-refractivity contribution in [3.8, 4) is 0 Å². The van der Waals surface area contributed by atoms with Crippen molar-refractivity contribution in [2.45, 2.75) is 32.6 Å². The van der Waals surface area contributed by atoms with Crippen molar-refractivity contribution in [3.05, 3.63) is 22.2 Å². The number of hydrogen-bond donors (Lipinski definition) is 2. The van der Waals surface area contributed by atoms with Crippen LogP contribution >= 0.6 is 11.3 Å². The minimum atomic E-state index is -0.194. The van der Waals surface area contributed by atoms with Crippen molar-refractivity contribution < 1.29 is 9.59 Å². The summed E-state index contributed by atoms with van der Waals surface area (Å²) in [4.78, 5) is 30.1. The fourth-order valence-electron chi connectivity index (χ4n) is 3.30. The molecular weight excluding hydrogens is 298 g/mol. The Morgan fingerprint density at radius 3 is 3.09 bits per heavy atom. The van der Waals surface area contributed by atoms with Gasteiger partial charge in [0.25, 0.3) is 5.91 Å². The van der Waals surface area contributed by atoms with Crippen LogP contribution in [0.4, 0.5) is 5.69 Å². The van der Waals surface area contributed by atoms with Crippen molar-refractivity contribution >= 4 is 39.1 Å². The number of thiophene rings is 1. The number of rotatable bonds is 1. The Kier molecular flexibility index (Phi) is 3.14. The zero-order valence-electron chi connectivity index (χ0n) is 12.4. The van der Waals surface area contributed by atoms with Gasteiger partial charge in [0.05, 0.1) is 12.2 Å². The van der Waals surface area contributed by atoms with E-state index in [4.69, 9.17) is 4.98 Å².